The molecule has 172 valence electrons. The number of nitrogens with one attached hydrogen (secondary N) is 1. The first kappa shape index (κ1) is 21.1. The quantitative estimate of drug-likeness (QED) is 0.557. The van der Waals surface area contributed by atoms with E-state index in [0.717, 1.165) is 61.5 Å². The largest absolute Gasteiger partial charge is 0.478 e. The van der Waals surface area contributed by atoms with Crippen molar-refractivity contribution in [3.63, 3.8) is 0 Å². The van der Waals surface area contributed by atoms with Gasteiger partial charge in [-0.25, -0.2) is 9.78 Å². The number of anilines is 2. The number of aromatic carboxylic acids is 1. The van der Waals surface area contributed by atoms with E-state index in [1.54, 1.807) is 35.6 Å². The summed E-state index contributed by atoms with van der Waals surface area (Å²) in [4.78, 5) is 30.2. The zero-order valence-corrected chi connectivity index (χ0v) is 20.0. The first-order valence-corrected chi connectivity index (χ1v) is 13.0. The average Bonchev–Trinajstić information content (AvgIpc) is 3.34. The number of carboxylic acid groups (broad SMARTS) is 1. The van der Waals surface area contributed by atoms with Crippen molar-refractivity contribution >= 4 is 39.5 Å². The van der Waals surface area contributed by atoms with Crippen LogP contribution in [0.3, 0.4) is 0 Å². The third kappa shape index (κ3) is 3.06. The Hall–Kier alpha value is -2.47. The summed E-state index contributed by atoms with van der Waals surface area (Å²) in [5.74, 6) is 1.38. The van der Waals surface area contributed by atoms with E-state index >= 15 is 0 Å². The smallest absolute Gasteiger partial charge is 0.335 e. The molecule has 6 heteroatoms. The van der Waals surface area contributed by atoms with Gasteiger partial charge in [0.25, 0.3) is 0 Å². The number of carbonyl (C=O) groups is 2. The Labute approximate surface area is 198 Å². The minimum atomic E-state index is -0.918. The van der Waals surface area contributed by atoms with Gasteiger partial charge in [-0.3, -0.25) is 4.79 Å². The molecular weight excluding hydrogens is 432 g/mol. The van der Waals surface area contributed by atoms with Crippen molar-refractivity contribution in [1.29, 1.82) is 0 Å². The Kier molecular flexibility index (Phi) is 4.64. The maximum atomic E-state index is 12.7. The number of carbonyl (C=O) groups excluding carboxylic acids is 1. The lowest BCUT2D eigenvalue weighted by Gasteiger charge is -2.55. The van der Waals surface area contributed by atoms with E-state index in [1.165, 1.54) is 10.5 Å². The van der Waals surface area contributed by atoms with Gasteiger partial charge >= 0.3 is 5.97 Å². The fourth-order valence-corrected chi connectivity index (χ4v) is 8.53. The van der Waals surface area contributed by atoms with Crippen LogP contribution in [0, 0.1) is 28.6 Å². The van der Waals surface area contributed by atoms with Gasteiger partial charge in [-0.15, -0.1) is 11.3 Å². The van der Waals surface area contributed by atoms with Crippen molar-refractivity contribution in [2.24, 2.45) is 28.6 Å². The number of aromatic nitrogens is 1. The Morgan fingerprint density at radius 3 is 2.61 bits per heavy atom. The molecule has 6 rings (SSSR count). The molecule has 0 unspecified atom stereocenters. The molecule has 2 saturated carbocycles. The Morgan fingerprint density at radius 1 is 1.09 bits per heavy atom. The highest BCUT2D eigenvalue weighted by molar-refractivity contribution is 7.15. The molecule has 0 aliphatic heterocycles. The maximum Gasteiger partial charge on any atom is 0.335 e. The summed E-state index contributed by atoms with van der Waals surface area (Å²) in [6.45, 7) is 4.69. The SMILES string of the molecule is C[C@]12CCc3sc(Nc4ccc(C(=O)O)cc4)nc3C1=CC[C@@H]1[C@@H]2CC[C@]2(C)C(=O)CC[C@@H]12. The van der Waals surface area contributed by atoms with Crippen LogP contribution in [0.15, 0.2) is 30.3 Å². The molecule has 1 aromatic heterocycles. The van der Waals surface area contributed by atoms with Gasteiger partial charge in [-0.05, 0) is 91.5 Å². The van der Waals surface area contributed by atoms with E-state index in [9.17, 15) is 9.59 Å². The van der Waals surface area contributed by atoms with Gasteiger partial charge in [0.2, 0.25) is 0 Å². The van der Waals surface area contributed by atoms with Crippen molar-refractivity contribution < 1.29 is 14.7 Å². The predicted octanol–water partition coefficient (Wildman–Crippen LogP) is 6.34. The second-order valence-electron chi connectivity index (χ2n) is 10.9. The summed E-state index contributed by atoms with van der Waals surface area (Å²) >= 11 is 1.72. The highest BCUT2D eigenvalue weighted by Crippen LogP contribution is 2.65. The molecule has 0 spiro atoms. The number of Topliss-reactive ketones (excluding diaryl/α,β-unsaturated/α-hetero) is 1. The molecule has 2 N–H and O–H groups in total. The highest BCUT2D eigenvalue weighted by Gasteiger charge is 2.58. The molecule has 33 heavy (non-hydrogen) atoms. The van der Waals surface area contributed by atoms with Crippen molar-refractivity contribution in [2.45, 2.75) is 58.8 Å². The second-order valence-corrected chi connectivity index (χ2v) is 11.9. The fourth-order valence-electron chi connectivity index (χ4n) is 7.53. The first-order valence-electron chi connectivity index (χ1n) is 12.1. The van der Waals surface area contributed by atoms with E-state index < -0.39 is 5.97 Å². The number of fused-ring (bicyclic) bond motifs is 7. The van der Waals surface area contributed by atoms with E-state index in [0.29, 0.717) is 23.5 Å². The van der Waals surface area contributed by atoms with Crippen LogP contribution < -0.4 is 5.32 Å². The monoisotopic (exact) mass is 462 g/mol. The third-order valence-corrected chi connectivity index (χ3v) is 10.4. The van der Waals surface area contributed by atoms with Crippen LogP contribution in [0.1, 0.15) is 73.3 Å². The van der Waals surface area contributed by atoms with Crippen LogP contribution in [0.5, 0.6) is 0 Å². The second kappa shape index (κ2) is 7.26. The summed E-state index contributed by atoms with van der Waals surface area (Å²) < 4.78 is 0. The van der Waals surface area contributed by atoms with Gasteiger partial charge < -0.3 is 10.4 Å². The molecule has 5 nitrogen and oxygen atoms in total. The molecule has 4 aliphatic rings. The minimum absolute atomic E-state index is 0.0867. The average molecular weight is 463 g/mol. The van der Waals surface area contributed by atoms with Crippen LogP contribution >= 0.6 is 11.3 Å². The predicted molar refractivity (Wildman–Crippen MR) is 130 cm³/mol. The number of carboxylic acids is 1. The molecule has 0 radical (unpaired) electrons. The topological polar surface area (TPSA) is 79.3 Å². The molecule has 1 heterocycles. The molecular formula is C27H30N2O3S. The summed E-state index contributed by atoms with van der Waals surface area (Å²) in [5.41, 5.74) is 3.76. The summed E-state index contributed by atoms with van der Waals surface area (Å²) in [5, 5.41) is 13.4. The molecule has 0 bridgehead atoms. The Bertz CT molecular complexity index is 1180. The van der Waals surface area contributed by atoms with Crippen molar-refractivity contribution in [1.82, 2.24) is 4.98 Å². The van der Waals surface area contributed by atoms with Gasteiger partial charge in [0, 0.05) is 22.4 Å². The number of allylic oxidation sites excluding steroid dienone is 2. The van der Waals surface area contributed by atoms with Gasteiger partial charge in [0.05, 0.1) is 11.3 Å². The number of hydrogen-bond acceptors (Lipinski definition) is 5. The number of thiazole rings is 1. The van der Waals surface area contributed by atoms with Crippen LogP contribution in [-0.2, 0) is 11.2 Å². The molecule has 5 atom stereocenters. The number of nitrogens with zero attached hydrogens (tertiary/aromatic N) is 1. The van der Waals surface area contributed by atoms with E-state index in [4.69, 9.17) is 10.1 Å². The Morgan fingerprint density at radius 2 is 1.85 bits per heavy atom. The van der Waals surface area contributed by atoms with Crippen LogP contribution in [-0.4, -0.2) is 21.8 Å². The number of ketones is 1. The summed E-state index contributed by atoms with van der Waals surface area (Å²) in [6.07, 6.45) is 9.77. The highest BCUT2D eigenvalue weighted by atomic mass is 32.1. The van der Waals surface area contributed by atoms with E-state index in [-0.39, 0.29) is 16.4 Å². The lowest BCUT2D eigenvalue weighted by molar-refractivity contribution is -0.131. The van der Waals surface area contributed by atoms with Gasteiger partial charge in [0.15, 0.2) is 5.13 Å². The standard InChI is InChI=1S/C27H30N2O3S/c1-26-14-12-21-23(29-25(33-21)28-16-5-3-15(4-6-16)24(31)32)20(26)8-7-17-18-9-10-22(30)27(18,2)13-11-19(17)26/h3-6,8,17-19H,7,9-14H2,1-2H3,(H,28,29)(H,31,32)/t17-,18-,19-,26+,27-/m0/s1. The number of rotatable bonds is 3. The molecule has 2 fully saturated rings. The molecule has 2 aromatic rings. The first-order chi connectivity index (χ1) is 15.8. The van der Waals surface area contributed by atoms with Crippen molar-refractivity contribution in [3.05, 3.63) is 46.5 Å². The fraction of sp³-hybridized carbons (Fsp3) is 0.519. The third-order valence-electron chi connectivity index (χ3n) is 9.38. The van der Waals surface area contributed by atoms with E-state index in [1.807, 2.05) is 0 Å². The lowest BCUT2D eigenvalue weighted by atomic mass is 9.48. The Balaban J connectivity index is 1.29. The molecule has 0 saturated heterocycles. The van der Waals surface area contributed by atoms with Crippen molar-refractivity contribution in [3.8, 4) is 0 Å². The molecule has 1 aromatic carbocycles. The van der Waals surface area contributed by atoms with Gasteiger partial charge in [-0.2, -0.15) is 0 Å². The number of aryl methyl sites for hydroxylation is 1. The zero-order chi connectivity index (χ0) is 23.0. The maximum absolute atomic E-state index is 12.7. The molecule has 4 aliphatic carbocycles. The van der Waals surface area contributed by atoms with Gasteiger partial charge in [0.1, 0.15) is 5.78 Å². The normalized spacial score (nSPS) is 34.5. The van der Waals surface area contributed by atoms with E-state index in [2.05, 4.69) is 25.2 Å². The lowest BCUT2D eigenvalue weighted by Crippen LogP contribution is -2.49. The van der Waals surface area contributed by atoms with Gasteiger partial charge in [-0.1, -0.05) is 19.9 Å². The van der Waals surface area contributed by atoms with Crippen molar-refractivity contribution in [2.75, 3.05) is 5.32 Å². The number of benzene rings is 1. The minimum Gasteiger partial charge on any atom is -0.478 e. The zero-order valence-electron chi connectivity index (χ0n) is 19.2. The summed E-state index contributed by atoms with van der Waals surface area (Å²) in [7, 11) is 0. The summed E-state index contributed by atoms with van der Waals surface area (Å²) in [6, 6.07) is 6.81. The van der Waals surface area contributed by atoms with Crippen LogP contribution in [0.2, 0.25) is 0 Å². The van der Waals surface area contributed by atoms with Crippen LogP contribution in [0.25, 0.3) is 5.57 Å². The molecule has 0 amide bonds. The number of hydrogen-bond donors (Lipinski definition) is 2. The van der Waals surface area contributed by atoms with Crippen LogP contribution in [0.4, 0.5) is 10.8 Å².